The third kappa shape index (κ3) is 4.37. The SMILES string of the molecule is Cc1cccc(Cn2cnc3c(cnn3CCNC(=O)CN3C(=O)CCC3=O)c2=O)c1. The Morgan fingerprint density at radius 1 is 1.16 bits per heavy atom. The van der Waals surface area contributed by atoms with Crippen molar-refractivity contribution in [2.75, 3.05) is 13.1 Å². The molecule has 0 atom stereocenters. The molecule has 1 aliphatic rings. The van der Waals surface area contributed by atoms with Gasteiger partial charge in [0.05, 0.1) is 19.3 Å². The fourth-order valence-corrected chi connectivity index (χ4v) is 3.58. The highest BCUT2D eigenvalue weighted by molar-refractivity contribution is 6.04. The maximum atomic E-state index is 12.8. The maximum Gasteiger partial charge on any atom is 0.264 e. The zero-order valence-electron chi connectivity index (χ0n) is 17.1. The van der Waals surface area contributed by atoms with Crippen molar-refractivity contribution in [3.8, 4) is 0 Å². The summed E-state index contributed by atoms with van der Waals surface area (Å²) in [5.41, 5.74) is 2.37. The average molecular weight is 422 g/mol. The number of fused-ring (bicyclic) bond motifs is 1. The van der Waals surface area contributed by atoms with Crippen LogP contribution in [0.3, 0.4) is 0 Å². The van der Waals surface area contributed by atoms with Gasteiger partial charge >= 0.3 is 0 Å². The molecule has 3 aromatic rings. The van der Waals surface area contributed by atoms with E-state index in [0.717, 1.165) is 16.0 Å². The van der Waals surface area contributed by atoms with Crippen LogP contribution in [0.1, 0.15) is 24.0 Å². The minimum atomic E-state index is -0.423. The first kappa shape index (κ1) is 20.5. The lowest BCUT2D eigenvalue weighted by Gasteiger charge is -2.13. The molecule has 1 N–H and O–H groups in total. The number of hydrogen-bond donors (Lipinski definition) is 1. The zero-order chi connectivity index (χ0) is 22.0. The molecule has 4 rings (SSSR count). The van der Waals surface area contributed by atoms with Crippen molar-refractivity contribution in [1.82, 2.24) is 29.5 Å². The molecule has 0 bridgehead atoms. The number of carbonyl (C=O) groups is 3. The Hall–Kier alpha value is -3.82. The van der Waals surface area contributed by atoms with Gasteiger partial charge in [0.15, 0.2) is 5.65 Å². The lowest BCUT2D eigenvalue weighted by atomic mass is 10.1. The number of carbonyl (C=O) groups excluding carboxylic acids is 3. The number of likely N-dealkylation sites (tertiary alicyclic amines) is 1. The van der Waals surface area contributed by atoms with Gasteiger partial charge in [-0.2, -0.15) is 5.10 Å². The van der Waals surface area contributed by atoms with E-state index in [0.29, 0.717) is 24.1 Å². The van der Waals surface area contributed by atoms with Gasteiger partial charge in [-0.05, 0) is 12.5 Å². The highest BCUT2D eigenvalue weighted by Crippen LogP contribution is 2.11. The van der Waals surface area contributed by atoms with E-state index in [1.807, 2.05) is 31.2 Å². The zero-order valence-corrected chi connectivity index (χ0v) is 17.1. The second-order valence-electron chi connectivity index (χ2n) is 7.50. The molecule has 1 fully saturated rings. The van der Waals surface area contributed by atoms with Crippen LogP contribution in [-0.2, 0) is 27.5 Å². The third-order valence-corrected chi connectivity index (χ3v) is 5.16. The van der Waals surface area contributed by atoms with Gasteiger partial charge in [-0.3, -0.25) is 28.6 Å². The molecule has 3 heterocycles. The Morgan fingerprint density at radius 3 is 2.68 bits per heavy atom. The highest BCUT2D eigenvalue weighted by Gasteiger charge is 2.30. The van der Waals surface area contributed by atoms with E-state index in [2.05, 4.69) is 15.4 Å². The summed E-state index contributed by atoms with van der Waals surface area (Å²) in [6.07, 6.45) is 3.27. The van der Waals surface area contributed by atoms with Crippen molar-refractivity contribution < 1.29 is 14.4 Å². The summed E-state index contributed by atoms with van der Waals surface area (Å²) < 4.78 is 3.08. The Morgan fingerprint density at radius 2 is 1.94 bits per heavy atom. The Labute approximate surface area is 177 Å². The van der Waals surface area contributed by atoms with E-state index in [4.69, 9.17) is 0 Å². The van der Waals surface area contributed by atoms with Crippen molar-refractivity contribution in [2.24, 2.45) is 0 Å². The third-order valence-electron chi connectivity index (χ3n) is 5.16. The number of imide groups is 1. The largest absolute Gasteiger partial charge is 0.353 e. The first-order valence-electron chi connectivity index (χ1n) is 9.99. The number of hydrogen-bond acceptors (Lipinski definition) is 6. The molecule has 10 heteroatoms. The van der Waals surface area contributed by atoms with Gasteiger partial charge in [0, 0.05) is 19.4 Å². The minimum absolute atomic E-state index is 0.151. The Bertz CT molecular complexity index is 1210. The number of rotatable bonds is 7. The van der Waals surface area contributed by atoms with Gasteiger partial charge < -0.3 is 5.32 Å². The smallest absolute Gasteiger partial charge is 0.264 e. The predicted molar refractivity (Wildman–Crippen MR) is 111 cm³/mol. The molecule has 1 aromatic carbocycles. The van der Waals surface area contributed by atoms with Gasteiger partial charge in [-0.25, -0.2) is 9.67 Å². The molecule has 160 valence electrons. The normalized spacial score (nSPS) is 13.9. The van der Waals surface area contributed by atoms with Crippen LogP contribution >= 0.6 is 0 Å². The Kier molecular flexibility index (Phi) is 5.61. The summed E-state index contributed by atoms with van der Waals surface area (Å²) in [6, 6.07) is 7.92. The minimum Gasteiger partial charge on any atom is -0.353 e. The number of aryl methyl sites for hydroxylation is 1. The molecule has 0 saturated carbocycles. The molecule has 0 spiro atoms. The lowest BCUT2D eigenvalue weighted by molar-refractivity contribution is -0.142. The number of benzene rings is 1. The monoisotopic (exact) mass is 422 g/mol. The van der Waals surface area contributed by atoms with Crippen LogP contribution in [0.4, 0.5) is 0 Å². The fraction of sp³-hybridized carbons (Fsp3) is 0.333. The second-order valence-corrected chi connectivity index (χ2v) is 7.50. The summed E-state index contributed by atoms with van der Waals surface area (Å²) in [4.78, 5) is 53.3. The fourth-order valence-electron chi connectivity index (χ4n) is 3.58. The summed E-state index contributed by atoms with van der Waals surface area (Å²) in [7, 11) is 0. The molecule has 1 saturated heterocycles. The highest BCUT2D eigenvalue weighted by atomic mass is 16.2. The molecule has 3 amide bonds. The first-order chi connectivity index (χ1) is 14.9. The van der Waals surface area contributed by atoms with E-state index in [1.54, 1.807) is 4.68 Å². The maximum absolute atomic E-state index is 12.8. The molecular weight excluding hydrogens is 400 g/mol. The van der Waals surface area contributed by atoms with Crippen molar-refractivity contribution in [1.29, 1.82) is 0 Å². The van der Waals surface area contributed by atoms with E-state index in [9.17, 15) is 19.2 Å². The topological polar surface area (TPSA) is 119 Å². The van der Waals surface area contributed by atoms with E-state index >= 15 is 0 Å². The molecule has 0 aliphatic carbocycles. The summed E-state index contributed by atoms with van der Waals surface area (Å²) in [5.74, 6) is -1.08. The predicted octanol–water partition coefficient (Wildman–Crippen LogP) is 0.215. The van der Waals surface area contributed by atoms with Gasteiger partial charge in [0.1, 0.15) is 18.3 Å². The molecule has 0 radical (unpaired) electrons. The number of nitrogens with one attached hydrogen (secondary N) is 1. The van der Waals surface area contributed by atoms with Crippen LogP contribution in [-0.4, -0.2) is 55.0 Å². The number of nitrogens with zero attached hydrogens (tertiary/aromatic N) is 5. The van der Waals surface area contributed by atoms with Crippen molar-refractivity contribution >= 4 is 28.8 Å². The summed E-state index contributed by atoms with van der Waals surface area (Å²) in [6.45, 7) is 2.65. The van der Waals surface area contributed by atoms with Gasteiger partial charge in [0.2, 0.25) is 17.7 Å². The van der Waals surface area contributed by atoms with Crippen LogP contribution in [0, 0.1) is 6.92 Å². The molecule has 31 heavy (non-hydrogen) atoms. The lowest BCUT2D eigenvalue weighted by Crippen LogP contribution is -2.40. The Balaban J connectivity index is 1.39. The summed E-state index contributed by atoms with van der Waals surface area (Å²) in [5, 5.41) is 7.27. The van der Waals surface area contributed by atoms with Gasteiger partial charge in [0.25, 0.3) is 5.56 Å². The molecule has 2 aromatic heterocycles. The van der Waals surface area contributed by atoms with E-state index in [-0.39, 0.29) is 43.3 Å². The molecule has 0 unspecified atom stereocenters. The number of aromatic nitrogens is 4. The van der Waals surface area contributed by atoms with Crippen LogP contribution in [0.2, 0.25) is 0 Å². The standard InChI is InChI=1S/C21H22N6O4/c1-14-3-2-4-15(9-14)11-25-13-23-20-16(21(25)31)10-24-27(20)8-7-22-17(28)12-26-18(29)5-6-19(26)30/h2-4,9-10,13H,5-8,11-12H2,1H3,(H,22,28). The molecule has 10 nitrogen and oxygen atoms in total. The number of amides is 3. The van der Waals surface area contributed by atoms with E-state index in [1.165, 1.54) is 17.1 Å². The average Bonchev–Trinajstić information content (AvgIpc) is 3.29. The van der Waals surface area contributed by atoms with Crippen LogP contribution in [0.15, 0.2) is 41.6 Å². The second kappa shape index (κ2) is 8.50. The van der Waals surface area contributed by atoms with Crippen LogP contribution in [0.5, 0.6) is 0 Å². The summed E-state index contributed by atoms with van der Waals surface area (Å²) >= 11 is 0. The first-order valence-corrected chi connectivity index (χ1v) is 9.99. The molecular formula is C21H22N6O4. The van der Waals surface area contributed by atoms with Crippen LogP contribution in [0.25, 0.3) is 11.0 Å². The van der Waals surface area contributed by atoms with Gasteiger partial charge in [-0.1, -0.05) is 29.8 Å². The quantitative estimate of drug-likeness (QED) is 0.544. The van der Waals surface area contributed by atoms with Crippen molar-refractivity contribution in [3.63, 3.8) is 0 Å². The molecule has 1 aliphatic heterocycles. The van der Waals surface area contributed by atoms with E-state index < -0.39 is 5.91 Å². The van der Waals surface area contributed by atoms with Crippen molar-refractivity contribution in [2.45, 2.75) is 32.9 Å². The van der Waals surface area contributed by atoms with Crippen LogP contribution < -0.4 is 10.9 Å². The van der Waals surface area contributed by atoms with Crippen molar-refractivity contribution in [3.05, 3.63) is 58.3 Å². The van der Waals surface area contributed by atoms with Gasteiger partial charge in [-0.15, -0.1) is 0 Å².